The van der Waals surface area contributed by atoms with Crippen LogP contribution in [0.2, 0.25) is 0 Å². The monoisotopic (exact) mass is 426 g/mol. The van der Waals surface area contributed by atoms with Gasteiger partial charge in [0, 0.05) is 31.1 Å². The first-order valence-corrected chi connectivity index (χ1v) is 11.6. The maximum Gasteiger partial charge on any atom is 0.303 e. The number of nitrogens with zero attached hydrogens (tertiary/aromatic N) is 2. The van der Waals surface area contributed by atoms with Crippen LogP contribution in [0.4, 0.5) is 0 Å². The molecule has 1 aliphatic carbocycles. The molecule has 1 unspecified atom stereocenters. The second kappa shape index (κ2) is 9.96. The van der Waals surface area contributed by atoms with Crippen LogP contribution < -0.4 is 4.74 Å². The fourth-order valence-corrected chi connectivity index (χ4v) is 5.29. The lowest BCUT2D eigenvalue weighted by atomic mass is 9.78. The van der Waals surface area contributed by atoms with Gasteiger partial charge in [0.1, 0.15) is 5.75 Å². The van der Waals surface area contributed by atoms with Gasteiger partial charge in [-0.05, 0) is 86.2 Å². The summed E-state index contributed by atoms with van der Waals surface area (Å²) in [5, 5.41) is 21.4. The molecule has 1 saturated heterocycles. The molecular weight excluding hydrogens is 392 g/mol. The van der Waals surface area contributed by atoms with Crippen molar-refractivity contribution < 1.29 is 19.7 Å². The van der Waals surface area contributed by atoms with Crippen molar-refractivity contribution in [3.63, 3.8) is 0 Å². The summed E-state index contributed by atoms with van der Waals surface area (Å²) in [6, 6.07) is 7.58. The number of pyridine rings is 1. The Balaban J connectivity index is 1.41. The van der Waals surface area contributed by atoms with E-state index < -0.39 is 12.1 Å². The van der Waals surface area contributed by atoms with Crippen molar-refractivity contribution >= 4 is 16.9 Å². The molecular formula is C25H34N2O4. The van der Waals surface area contributed by atoms with Gasteiger partial charge in [-0.3, -0.25) is 9.78 Å². The fraction of sp³-hybridized carbons (Fsp3) is 0.600. The molecule has 1 aliphatic heterocycles. The minimum atomic E-state index is -0.715. The van der Waals surface area contributed by atoms with E-state index in [1.54, 1.807) is 13.3 Å². The Morgan fingerprint density at radius 1 is 1.26 bits per heavy atom. The summed E-state index contributed by atoms with van der Waals surface area (Å²) in [7, 11) is 1.63. The molecule has 1 aromatic heterocycles. The number of piperidine rings is 1. The highest BCUT2D eigenvalue weighted by Gasteiger charge is 2.32. The number of aliphatic carboxylic acids is 1. The average molecular weight is 427 g/mol. The van der Waals surface area contributed by atoms with Crippen molar-refractivity contribution in [1.29, 1.82) is 0 Å². The Labute approximate surface area is 184 Å². The molecule has 1 saturated carbocycles. The predicted molar refractivity (Wildman–Crippen MR) is 120 cm³/mol. The highest BCUT2D eigenvalue weighted by Crippen LogP contribution is 2.36. The Morgan fingerprint density at radius 3 is 2.81 bits per heavy atom. The third-order valence-electron chi connectivity index (χ3n) is 7.31. The molecule has 0 radical (unpaired) electrons. The number of aliphatic hydroxyl groups is 1. The van der Waals surface area contributed by atoms with Crippen LogP contribution in [0.25, 0.3) is 10.9 Å². The molecule has 2 aromatic rings. The molecule has 31 heavy (non-hydrogen) atoms. The standard InChI is InChI=1S/C25H34N2O4/c1-31-20-6-7-23-22(14-20)21(9-11-26-23)24(28)8-5-18-10-12-27(15-17-3-2-4-17)16-19(18)13-25(29)30/h6-7,9,11,14,17-19,24,28H,2-5,8,10,12-13,15-16H2,1H3,(H,29,30)/t18-,19+,24?/m1/s1. The van der Waals surface area contributed by atoms with Crippen LogP contribution in [0.1, 0.15) is 56.6 Å². The van der Waals surface area contributed by atoms with Gasteiger partial charge in [-0.2, -0.15) is 0 Å². The number of hydrogen-bond donors (Lipinski definition) is 2. The van der Waals surface area contributed by atoms with E-state index in [1.807, 2.05) is 24.3 Å². The van der Waals surface area contributed by atoms with Gasteiger partial charge in [0.25, 0.3) is 0 Å². The number of carboxylic acid groups (broad SMARTS) is 1. The fourth-order valence-electron chi connectivity index (χ4n) is 5.29. The minimum Gasteiger partial charge on any atom is -0.497 e. The summed E-state index contributed by atoms with van der Waals surface area (Å²) >= 11 is 0. The van der Waals surface area contributed by atoms with Gasteiger partial charge in [0.05, 0.1) is 18.7 Å². The molecule has 2 aliphatic rings. The average Bonchev–Trinajstić information content (AvgIpc) is 2.74. The number of hydrogen-bond acceptors (Lipinski definition) is 5. The van der Waals surface area contributed by atoms with Gasteiger partial charge in [-0.25, -0.2) is 0 Å². The summed E-state index contributed by atoms with van der Waals surface area (Å²) in [6.07, 6.45) is 7.81. The number of aromatic nitrogens is 1. The third kappa shape index (κ3) is 5.36. The quantitative estimate of drug-likeness (QED) is 0.623. The summed E-state index contributed by atoms with van der Waals surface area (Å²) in [6.45, 7) is 3.04. The predicted octanol–water partition coefficient (Wildman–Crippen LogP) is 4.27. The van der Waals surface area contributed by atoms with Crippen molar-refractivity contribution in [2.45, 2.75) is 51.0 Å². The molecule has 1 aromatic carbocycles. The number of ether oxygens (including phenoxy) is 1. The molecule has 168 valence electrons. The van der Waals surface area contributed by atoms with Crippen molar-refractivity contribution in [3.8, 4) is 5.75 Å². The number of rotatable bonds is 9. The lowest BCUT2D eigenvalue weighted by Crippen LogP contribution is -2.44. The van der Waals surface area contributed by atoms with Gasteiger partial charge in [0.2, 0.25) is 0 Å². The molecule has 3 atom stereocenters. The van der Waals surface area contributed by atoms with Crippen LogP contribution in [0, 0.1) is 17.8 Å². The van der Waals surface area contributed by atoms with Gasteiger partial charge in [-0.15, -0.1) is 0 Å². The second-order valence-electron chi connectivity index (χ2n) is 9.34. The van der Waals surface area contributed by atoms with Gasteiger partial charge in [-0.1, -0.05) is 6.42 Å². The van der Waals surface area contributed by atoms with E-state index in [2.05, 4.69) is 9.88 Å². The second-order valence-corrected chi connectivity index (χ2v) is 9.34. The van der Waals surface area contributed by atoms with Crippen LogP contribution in [0.15, 0.2) is 30.5 Å². The van der Waals surface area contributed by atoms with E-state index in [9.17, 15) is 15.0 Å². The smallest absolute Gasteiger partial charge is 0.303 e. The number of carboxylic acids is 1. The first-order chi connectivity index (χ1) is 15.0. The number of carbonyl (C=O) groups is 1. The Hall–Kier alpha value is -2.18. The van der Waals surface area contributed by atoms with E-state index in [-0.39, 0.29) is 12.3 Å². The maximum absolute atomic E-state index is 11.5. The highest BCUT2D eigenvalue weighted by atomic mass is 16.5. The number of methoxy groups -OCH3 is 1. The topological polar surface area (TPSA) is 82.9 Å². The Morgan fingerprint density at radius 2 is 2.10 bits per heavy atom. The van der Waals surface area contributed by atoms with E-state index >= 15 is 0 Å². The molecule has 6 nitrogen and oxygen atoms in total. The molecule has 2 heterocycles. The first-order valence-electron chi connectivity index (χ1n) is 11.6. The zero-order chi connectivity index (χ0) is 21.8. The lowest BCUT2D eigenvalue weighted by Gasteiger charge is -2.41. The number of likely N-dealkylation sites (tertiary alicyclic amines) is 1. The number of benzene rings is 1. The van der Waals surface area contributed by atoms with Crippen molar-refractivity contribution in [3.05, 3.63) is 36.0 Å². The molecule has 0 amide bonds. The van der Waals surface area contributed by atoms with Crippen molar-refractivity contribution in [2.75, 3.05) is 26.7 Å². The van der Waals surface area contributed by atoms with E-state index in [4.69, 9.17) is 4.74 Å². The zero-order valence-corrected chi connectivity index (χ0v) is 18.4. The van der Waals surface area contributed by atoms with E-state index in [0.717, 1.165) is 60.6 Å². The molecule has 2 N–H and O–H groups in total. The summed E-state index contributed by atoms with van der Waals surface area (Å²) in [5.41, 5.74) is 1.70. The molecule has 0 bridgehead atoms. The van der Waals surface area contributed by atoms with E-state index in [0.29, 0.717) is 12.3 Å². The third-order valence-corrected chi connectivity index (χ3v) is 7.31. The Kier molecular flexibility index (Phi) is 7.08. The molecule has 0 spiro atoms. The number of fused-ring (bicyclic) bond motifs is 1. The van der Waals surface area contributed by atoms with Gasteiger partial charge in [0.15, 0.2) is 0 Å². The molecule has 6 heteroatoms. The van der Waals surface area contributed by atoms with Crippen molar-refractivity contribution in [1.82, 2.24) is 9.88 Å². The number of aliphatic hydroxyl groups excluding tert-OH is 1. The minimum absolute atomic E-state index is 0.160. The highest BCUT2D eigenvalue weighted by molar-refractivity contribution is 5.83. The summed E-state index contributed by atoms with van der Waals surface area (Å²) in [5.74, 6) is 1.34. The van der Waals surface area contributed by atoms with Gasteiger partial charge < -0.3 is 19.8 Å². The summed E-state index contributed by atoms with van der Waals surface area (Å²) < 4.78 is 5.34. The lowest BCUT2D eigenvalue weighted by molar-refractivity contribution is -0.139. The SMILES string of the molecule is COc1ccc2nccc(C(O)CC[C@@H]3CCN(CC4CCC4)C[C@@H]3CC(=O)O)c2c1. The maximum atomic E-state index is 11.5. The van der Waals surface area contributed by atoms with Gasteiger partial charge >= 0.3 is 5.97 Å². The zero-order valence-electron chi connectivity index (χ0n) is 18.4. The molecule has 2 fully saturated rings. The van der Waals surface area contributed by atoms with Crippen LogP contribution in [0.5, 0.6) is 5.75 Å². The van der Waals surface area contributed by atoms with Crippen LogP contribution >= 0.6 is 0 Å². The molecule has 4 rings (SSSR count). The van der Waals surface area contributed by atoms with E-state index in [1.165, 1.54) is 19.3 Å². The normalized spacial score (nSPS) is 23.4. The van der Waals surface area contributed by atoms with Crippen LogP contribution in [-0.4, -0.2) is 52.8 Å². The summed E-state index contributed by atoms with van der Waals surface area (Å²) in [4.78, 5) is 18.4. The Bertz CT molecular complexity index is 898. The van der Waals surface area contributed by atoms with Crippen LogP contribution in [-0.2, 0) is 4.79 Å². The largest absolute Gasteiger partial charge is 0.497 e. The van der Waals surface area contributed by atoms with Crippen LogP contribution in [0.3, 0.4) is 0 Å². The van der Waals surface area contributed by atoms with Crippen molar-refractivity contribution in [2.24, 2.45) is 17.8 Å². The first kappa shape index (κ1) is 22.0.